The number of rotatable bonds is 6. The lowest BCUT2D eigenvalue weighted by Crippen LogP contribution is -2.38. The molecule has 1 fully saturated rings. The molecule has 4 heteroatoms. The lowest BCUT2D eigenvalue weighted by atomic mass is 9.93. The molecule has 1 saturated carbocycles. The molecule has 0 spiro atoms. The number of aryl methyl sites for hydroxylation is 1. The Hall–Kier alpha value is -2.62. The minimum atomic E-state index is -0.929. The zero-order valence-electron chi connectivity index (χ0n) is 13.7. The van der Waals surface area contributed by atoms with E-state index in [-0.39, 0.29) is 12.5 Å². The van der Waals surface area contributed by atoms with Crippen molar-refractivity contribution < 1.29 is 14.7 Å². The van der Waals surface area contributed by atoms with Crippen LogP contribution < -0.4 is 5.32 Å². The van der Waals surface area contributed by atoms with Crippen molar-refractivity contribution in [1.82, 2.24) is 5.32 Å². The summed E-state index contributed by atoms with van der Waals surface area (Å²) in [7, 11) is 0. The maximum Gasteiger partial charge on any atom is 0.312 e. The van der Waals surface area contributed by atoms with Crippen molar-refractivity contribution in [2.24, 2.45) is 0 Å². The predicted molar refractivity (Wildman–Crippen MR) is 91.9 cm³/mol. The lowest BCUT2D eigenvalue weighted by molar-refractivity contribution is -0.138. The second kappa shape index (κ2) is 6.48. The highest BCUT2D eigenvalue weighted by molar-refractivity contribution is 5.91. The lowest BCUT2D eigenvalue weighted by Gasteiger charge is -2.19. The highest BCUT2D eigenvalue weighted by atomic mass is 16.4. The number of hydrogen-bond donors (Lipinski definition) is 2. The second-order valence-corrected chi connectivity index (χ2v) is 6.46. The molecule has 124 valence electrons. The van der Waals surface area contributed by atoms with Gasteiger partial charge in [-0.3, -0.25) is 9.59 Å². The number of aliphatic carboxylic acids is 1. The average molecular weight is 323 g/mol. The fourth-order valence-electron chi connectivity index (χ4n) is 3.11. The smallest absolute Gasteiger partial charge is 0.312 e. The molecular weight excluding hydrogens is 302 g/mol. The molecule has 2 aromatic carbocycles. The summed E-state index contributed by atoms with van der Waals surface area (Å²) in [6.07, 6.45) is 1.62. The predicted octanol–water partition coefficient (Wildman–Crippen LogP) is 3.01. The third kappa shape index (κ3) is 3.18. The van der Waals surface area contributed by atoms with Crippen molar-refractivity contribution in [2.45, 2.75) is 31.1 Å². The Morgan fingerprint density at radius 1 is 1.12 bits per heavy atom. The van der Waals surface area contributed by atoms with Gasteiger partial charge in [0.15, 0.2) is 0 Å². The maximum atomic E-state index is 12.7. The molecule has 0 heterocycles. The fourth-order valence-corrected chi connectivity index (χ4v) is 3.11. The van der Waals surface area contributed by atoms with E-state index >= 15 is 0 Å². The number of amides is 1. The zero-order chi connectivity index (χ0) is 17.2. The van der Waals surface area contributed by atoms with Gasteiger partial charge >= 0.3 is 5.97 Å². The van der Waals surface area contributed by atoms with Crippen LogP contribution in [0, 0.1) is 6.92 Å². The van der Waals surface area contributed by atoms with E-state index in [1.165, 1.54) is 0 Å². The standard InChI is InChI=1S/C20H21NO3/c1-14-6-5-9-16(12-14)20(10-11-20)19(24)21-13-17(18(22)23)15-7-3-2-4-8-15/h2-9,12,17H,10-11,13H2,1H3,(H,21,24)(H,22,23)/t17-/m1/s1. The van der Waals surface area contributed by atoms with Gasteiger partial charge in [-0.1, -0.05) is 60.2 Å². The first kappa shape index (κ1) is 16.2. The molecule has 0 aromatic heterocycles. The molecule has 1 aliphatic rings. The van der Waals surface area contributed by atoms with E-state index in [2.05, 4.69) is 5.32 Å². The molecule has 0 radical (unpaired) electrons. The van der Waals surface area contributed by atoms with E-state index in [0.717, 1.165) is 24.0 Å². The van der Waals surface area contributed by atoms with E-state index in [0.29, 0.717) is 5.56 Å². The summed E-state index contributed by atoms with van der Waals surface area (Å²) in [4.78, 5) is 24.2. The summed E-state index contributed by atoms with van der Waals surface area (Å²) in [5.41, 5.74) is 2.36. The number of benzene rings is 2. The van der Waals surface area contributed by atoms with Gasteiger partial charge < -0.3 is 10.4 Å². The number of carboxylic acid groups (broad SMARTS) is 1. The highest BCUT2D eigenvalue weighted by Gasteiger charge is 2.51. The van der Waals surface area contributed by atoms with Crippen LogP contribution >= 0.6 is 0 Å². The van der Waals surface area contributed by atoms with E-state index in [9.17, 15) is 14.7 Å². The van der Waals surface area contributed by atoms with Crippen LogP contribution in [0.15, 0.2) is 54.6 Å². The van der Waals surface area contributed by atoms with Crippen LogP contribution in [-0.4, -0.2) is 23.5 Å². The van der Waals surface area contributed by atoms with Crippen LogP contribution in [0.5, 0.6) is 0 Å². The number of carbonyl (C=O) groups is 2. The maximum absolute atomic E-state index is 12.7. The summed E-state index contributed by atoms with van der Waals surface area (Å²) in [5, 5.41) is 12.3. The minimum Gasteiger partial charge on any atom is -0.481 e. The first-order valence-electron chi connectivity index (χ1n) is 8.16. The van der Waals surface area contributed by atoms with Crippen LogP contribution in [0.2, 0.25) is 0 Å². The molecule has 2 N–H and O–H groups in total. The molecule has 0 saturated heterocycles. The van der Waals surface area contributed by atoms with E-state index in [4.69, 9.17) is 0 Å². The van der Waals surface area contributed by atoms with Gasteiger partial charge in [0.1, 0.15) is 0 Å². The Balaban J connectivity index is 1.72. The van der Waals surface area contributed by atoms with Crippen LogP contribution in [-0.2, 0) is 15.0 Å². The van der Waals surface area contributed by atoms with Crippen LogP contribution in [0.3, 0.4) is 0 Å². The topological polar surface area (TPSA) is 66.4 Å². The van der Waals surface area contributed by atoms with Gasteiger partial charge in [-0.25, -0.2) is 0 Å². The quantitative estimate of drug-likeness (QED) is 0.859. The first-order valence-corrected chi connectivity index (χ1v) is 8.16. The van der Waals surface area contributed by atoms with Gasteiger partial charge in [-0.2, -0.15) is 0 Å². The van der Waals surface area contributed by atoms with Crippen molar-refractivity contribution in [3.8, 4) is 0 Å². The van der Waals surface area contributed by atoms with Crippen molar-refractivity contribution in [2.75, 3.05) is 6.54 Å². The van der Waals surface area contributed by atoms with Crippen molar-refractivity contribution in [1.29, 1.82) is 0 Å². The normalized spacial score (nSPS) is 16.2. The van der Waals surface area contributed by atoms with Crippen molar-refractivity contribution in [3.05, 3.63) is 71.3 Å². The SMILES string of the molecule is Cc1cccc(C2(C(=O)NC[C@@H](C(=O)O)c3ccccc3)CC2)c1. The van der Waals surface area contributed by atoms with E-state index in [1.54, 1.807) is 12.1 Å². The molecule has 1 aliphatic carbocycles. The monoisotopic (exact) mass is 323 g/mol. The Bertz CT molecular complexity index is 750. The van der Waals surface area contributed by atoms with E-state index in [1.807, 2.05) is 49.4 Å². The molecule has 24 heavy (non-hydrogen) atoms. The van der Waals surface area contributed by atoms with Crippen molar-refractivity contribution >= 4 is 11.9 Å². The molecule has 0 unspecified atom stereocenters. The van der Waals surface area contributed by atoms with Crippen LogP contribution in [0.1, 0.15) is 35.4 Å². The number of carboxylic acids is 1. The Morgan fingerprint density at radius 2 is 1.83 bits per heavy atom. The molecule has 1 atom stereocenters. The van der Waals surface area contributed by atoms with Gasteiger partial charge in [-0.05, 0) is 30.9 Å². The Kier molecular flexibility index (Phi) is 4.38. The fraction of sp³-hybridized carbons (Fsp3) is 0.300. The third-order valence-electron chi connectivity index (χ3n) is 4.72. The molecule has 1 amide bonds. The van der Waals surface area contributed by atoms with Gasteiger partial charge in [-0.15, -0.1) is 0 Å². The molecule has 4 nitrogen and oxygen atoms in total. The summed E-state index contributed by atoms with van der Waals surface area (Å²) < 4.78 is 0. The summed E-state index contributed by atoms with van der Waals surface area (Å²) >= 11 is 0. The Labute approximate surface area is 141 Å². The van der Waals surface area contributed by atoms with Gasteiger partial charge in [0, 0.05) is 6.54 Å². The van der Waals surface area contributed by atoms with Crippen LogP contribution in [0.4, 0.5) is 0 Å². The number of nitrogens with one attached hydrogen (secondary N) is 1. The molecular formula is C20H21NO3. The van der Waals surface area contributed by atoms with Crippen molar-refractivity contribution in [3.63, 3.8) is 0 Å². The summed E-state index contributed by atoms with van der Waals surface area (Å²) in [5.74, 6) is -1.74. The molecule has 3 rings (SSSR count). The van der Waals surface area contributed by atoms with Gasteiger partial charge in [0.05, 0.1) is 11.3 Å². The number of hydrogen-bond acceptors (Lipinski definition) is 2. The first-order chi connectivity index (χ1) is 11.5. The summed E-state index contributed by atoms with van der Waals surface area (Å²) in [6.45, 7) is 2.11. The Morgan fingerprint density at radius 3 is 2.42 bits per heavy atom. The highest BCUT2D eigenvalue weighted by Crippen LogP contribution is 2.48. The van der Waals surface area contributed by atoms with Crippen LogP contribution in [0.25, 0.3) is 0 Å². The zero-order valence-corrected chi connectivity index (χ0v) is 13.7. The largest absolute Gasteiger partial charge is 0.481 e. The summed E-state index contributed by atoms with van der Waals surface area (Å²) in [6, 6.07) is 17.0. The van der Waals surface area contributed by atoms with Gasteiger partial charge in [0.25, 0.3) is 0 Å². The minimum absolute atomic E-state index is 0.0738. The third-order valence-corrected chi connectivity index (χ3v) is 4.72. The second-order valence-electron chi connectivity index (χ2n) is 6.46. The van der Waals surface area contributed by atoms with E-state index < -0.39 is 17.3 Å². The molecule has 0 bridgehead atoms. The number of carbonyl (C=O) groups excluding carboxylic acids is 1. The average Bonchev–Trinajstić information content (AvgIpc) is 3.37. The molecule has 0 aliphatic heterocycles. The van der Waals surface area contributed by atoms with Gasteiger partial charge in [0.2, 0.25) is 5.91 Å². The molecule has 2 aromatic rings.